The molecule has 3 nitrogen and oxygen atoms in total. The summed E-state index contributed by atoms with van der Waals surface area (Å²) in [6, 6.07) is 6.23. The number of likely N-dealkylation sites (tertiary alicyclic amines) is 1. The first-order valence-corrected chi connectivity index (χ1v) is 8.14. The van der Waals surface area contributed by atoms with E-state index in [-0.39, 0.29) is 12.0 Å². The fraction of sp³-hybridized carbons (Fsp3) is 0.562. The first-order valence-electron chi connectivity index (χ1n) is 7.34. The zero-order valence-corrected chi connectivity index (χ0v) is 13.4. The van der Waals surface area contributed by atoms with Crippen molar-refractivity contribution in [1.82, 2.24) is 4.90 Å². The first kappa shape index (κ1) is 13.9. The van der Waals surface area contributed by atoms with Gasteiger partial charge in [-0.25, -0.2) is 0 Å². The van der Waals surface area contributed by atoms with Gasteiger partial charge in [-0.2, -0.15) is 0 Å². The summed E-state index contributed by atoms with van der Waals surface area (Å²) in [7, 11) is 1.69. The number of benzene rings is 1. The molecule has 1 heterocycles. The van der Waals surface area contributed by atoms with Gasteiger partial charge < -0.3 is 9.64 Å². The van der Waals surface area contributed by atoms with E-state index in [0.29, 0.717) is 5.91 Å². The highest BCUT2D eigenvalue weighted by molar-refractivity contribution is 9.10. The maximum absolute atomic E-state index is 12.6. The number of hydrogen-bond acceptors (Lipinski definition) is 2. The SMILES string of the molecule is COc1ccc(Br)cc1[C@H]1CCCN1C(=O)C1CCC1. The van der Waals surface area contributed by atoms with Gasteiger partial charge in [0.15, 0.2) is 0 Å². The van der Waals surface area contributed by atoms with Gasteiger partial charge in [-0.3, -0.25) is 4.79 Å². The van der Waals surface area contributed by atoms with Gasteiger partial charge in [0.05, 0.1) is 13.2 Å². The Labute approximate surface area is 128 Å². The molecule has 1 aliphatic carbocycles. The van der Waals surface area contributed by atoms with E-state index in [9.17, 15) is 4.79 Å². The second kappa shape index (κ2) is 5.76. The molecule has 0 spiro atoms. The van der Waals surface area contributed by atoms with E-state index in [2.05, 4.69) is 26.9 Å². The van der Waals surface area contributed by atoms with Gasteiger partial charge in [0.2, 0.25) is 5.91 Å². The van der Waals surface area contributed by atoms with Crippen LogP contribution in [-0.2, 0) is 4.79 Å². The van der Waals surface area contributed by atoms with Crippen molar-refractivity contribution in [2.75, 3.05) is 13.7 Å². The van der Waals surface area contributed by atoms with Crippen LogP contribution in [0.1, 0.15) is 43.7 Å². The number of hydrogen-bond donors (Lipinski definition) is 0. The number of methoxy groups -OCH3 is 1. The number of carbonyl (C=O) groups is 1. The summed E-state index contributed by atoms with van der Waals surface area (Å²) in [6.45, 7) is 0.885. The van der Waals surface area contributed by atoms with Crippen molar-refractivity contribution >= 4 is 21.8 Å². The highest BCUT2D eigenvalue weighted by Crippen LogP contribution is 2.41. The number of rotatable bonds is 3. The van der Waals surface area contributed by atoms with Crippen LogP contribution in [0, 0.1) is 5.92 Å². The minimum absolute atomic E-state index is 0.176. The Morgan fingerprint density at radius 3 is 2.75 bits per heavy atom. The van der Waals surface area contributed by atoms with E-state index in [1.807, 2.05) is 12.1 Å². The Bertz CT molecular complexity index is 513. The van der Waals surface area contributed by atoms with E-state index in [1.165, 1.54) is 6.42 Å². The first-order chi connectivity index (χ1) is 9.70. The molecule has 0 radical (unpaired) electrons. The van der Waals surface area contributed by atoms with Crippen LogP contribution in [-0.4, -0.2) is 24.5 Å². The van der Waals surface area contributed by atoms with Crippen LogP contribution in [0.3, 0.4) is 0 Å². The molecule has 2 aliphatic rings. The lowest BCUT2D eigenvalue weighted by molar-refractivity contribution is -0.139. The number of amides is 1. The van der Waals surface area contributed by atoms with Gasteiger partial charge in [-0.1, -0.05) is 22.4 Å². The summed E-state index contributed by atoms with van der Waals surface area (Å²) >= 11 is 3.52. The second-order valence-corrected chi connectivity index (χ2v) is 6.62. The standard InChI is InChI=1S/C16H20BrNO2/c1-20-15-8-7-12(17)10-13(15)14-6-3-9-18(14)16(19)11-4-2-5-11/h7-8,10-11,14H,2-6,9H2,1H3/t14-/m1/s1. The molecule has 1 aromatic rings. The smallest absolute Gasteiger partial charge is 0.226 e. The van der Waals surface area contributed by atoms with Crippen LogP contribution in [0.5, 0.6) is 5.75 Å². The van der Waals surface area contributed by atoms with Crippen molar-refractivity contribution in [3.05, 3.63) is 28.2 Å². The summed E-state index contributed by atoms with van der Waals surface area (Å²) < 4.78 is 6.52. The fourth-order valence-electron chi connectivity index (χ4n) is 3.21. The normalized spacial score (nSPS) is 22.7. The van der Waals surface area contributed by atoms with Gasteiger partial charge >= 0.3 is 0 Å². The average Bonchev–Trinajstić information content (AvgIpc) is 2.85. The Kier molecular flexibility index (Phi) is 4.01. The molecule has 3 rings (SSSR count). The highest BCUT2D eigenvalue weighted by Gasteiger charge is 2.37. The molecule has 1 aromatic carbocycles. The lowest BCUT2D eigenvalue weighted by atomic mass is 9.84. The molecule has 0 aromatic heterocycles. The Balaban J connectivity index is 1.88. The number of halogens is 1. The minimum atomic E-state index is 0.176. The summed E-state index contributed by atoms with van der Waals surface area (Å²) in [5, 5.41) is 0. The van der Waals surface area contributed by atoms with Gasteiger partial charge in [0, 0.05) is 22.5 Å². The molecule has 1 amide bonds. The zero-order valence-electron chi connectivity index (χ0n) is 11.8. The van der Waals surface area contributed by atoms with Crippen molar-refractivity contribution in [2.24, 2.45) is 5.92 Å². The zero-order chi connectivity index (χ0) is 14.1. The van der Waals surface area contributed by atoms with Crippen molar-refractivity contribution in [1.29, 1.82) is 0 Å². The van der Waals surface area contributed by atoms with E-state index >= 15 is 0 Å². The van der Waals surface area contributed by atoms with Gasteiger partial charge in [0.1, 0.15) is 5.75 Å². The van der Waals surface area contributed by atoms with E-state index in [1.54, 1.807) is 7.11 Å². The van der Waals surface area contributed by atoms with E-state index in [4.69, 9.17) is 4.74 Å². The maximum atomic E-state index is 12.6. The van der Waals surface area contributed by atoms with E-state index < -0.39 is 0 Å². The third kappa shape index (κ3) is 2.46. The number of ether oxygens (including phenoxy) is 1. The summed E-state index contributed by atoms with van der Waals surface area (Å²) in [5.74, 6) is 1.50. The Morgan fingerprint density at radius 2 is 2.10 bits per heavy atom. The molecule has 0 N–H and O–H groups in total. The molecule has 1 aliphatic heterocycles. The second-order valence-electron chi connectivity index (χ2n) is 5.70. The molecular formula is C16H20BrNO2. The van der Waals surface area contributed by atoms with Crippen LogP contribution in [0.25, 0.3) is 0 Å². The van der Waals surface area contributed by atoms with Crippen LogP contribution in [0.4, 0.5) is 0 Å². The monoisotopic (exact) mass is 337 g/mol. The van der Waals surface area contributed by atoms with Crippen molar-refractivity contribution in [3.8, 4) is 5.75 Å². The predicted molar refractivity (Wildman–Crippen MR) is 81.7 cm³/mol. The minimum Gasteiger partial charge on any atom is -0.496 e. The summed E-state index contributed by atoms with van der Waals surface area (Å²) in [6.07, 6.45) is 5.45. The average molecular weight is 338 g/mol. The lowest BCUT2D eigenvalue weighted by Gasteiger charge is -2.33. The Morgan fingerprint density at radius 1 is 1.30 bits per heavy atom. The van der Waals surface area contributed by atoms with Crippen LogP contribution >= 0.6 is 15.9 Å². The molecule has 4 heteroatoms. The number of carbonyl (C=O) groups excluding carboxylic acids is 1. The molecule has 0 unspecified atom stereocenters. The van der Waals surface area contributed by atoms with Crippen molar-refractivity contribution in [3.63, 3.8) is 0 Å². The third-order valence-corrected chi connectivity index (χ3v) is 5.03. The largest absolute Gasteiger partial charge is 0.496 e. The van der Waals surface area contributed by atoms with Crippen LogP contribution in [0.15, 0.2) is 22.7 Å². The van der Waals surface area contributed by atoms with Gasteiger partial charge in [0.25, 0.3) is 0 Å². The highest BCUT2D eigenvalue weighted by atomic mass is 79.9. The van der Waals surface area contributed by atoms with Crippen LogP contribution in [0.2, 0.25) is 0 Å². The summed E-state index contributed by atoms with van der Waals surface area (Å²) in [4.78, 5) is 14.6. The van der Waals surface area contributed by atoms with Crippen molar-refractivity contribution < 1.29 is 9.53 Å². The molecule has 108 valence electrons. The summed E-state index contributed by atoms with van der Waals surface area (Å²) in [5.41, 5.74) is 1.13. The van der Waals surface area contributed by atoms with Crippen molar-refractivity contribution in [2.45, 2.75) is 38.1 Å². The van der Waals surface area contributed by atoms with Crippen LogP contribution < -0.4 is 4.74 Å². The van der Waals surface area contributed by atoms with E-state index in [0.717, 1.165) is 48.0 Å². The van der Waals surface area contributed by atoms with Gasteiger partial charge in [-0.05, 0) is 43.9 Å². The molecule has 0 bridgehead atoms. The predicted octanol–water partition coefficient (Wildman–Crippen LogP) is 3.92. The maximum Gasteiger partial charge on any atom is 0.226 e. The molecule has 1 atom stereocenters. The topological polar surface area (TPSA) is 29.5 Å². The Hall–Kier alpha value is -1.03. The third-order valence-electron chi connectivity index (χ3n) is 4.54. The molecular weight excluding hydrogens is 318 g/mol. The molecule has 1 saturated heterocycles. The molecule has 2 fully saturated rings. The fourth-order valence-corrected chi connectivity index (χ4v) is 3.59. The quantitative estimate of drug-likeness (QED) is 0.836. The number of nitrogens with zero attached hydrogens (tertiary/aromatic N) is 1. The lowest BCUT2D eigenvalue weighted by Crippen LogP contribution is -2.38. The molecule has 1 saturated carbocycles. The van der Waals surface area contributed by atoms with Gasteiger partial charge in [-0.15, -0.1) is 0 Å². The molecule has 20 heavy (non-hydrogen) atoms.